The Hall–Kier alpha value is -2.46. The lowest BCUT2D eigenvalue weighted by molar-refractivity contribution is -0.114. The van der Waals surface area contributed by atoms with Crippen LogP contribution in [0.3, 0.4) is 0 Å². The first-order valence-electron chi connectivity index (χ1n) is 7.41. The number of carbonyl (C=O) groups is 1. The maximum Gasteiger partial charge on any atom is 0.328 e. The molecular formula is C15H16N6O2S2. The molecule has 0 fully saturated rings. The summed E-state index contributed by atoms with van der Waals surface area (Å²) in [4.78, 5) is 15.8. The number of nitrogens with one attached hydrogen (secondary N) is 2. The number of aryl methyl sites for hydroxylation is 2. The van der Waals surface area contributed by atoms with Crippen LogP contribution in [0.15, 0.2) is 27.1 Å². The molecule has 10 heteroatoms. The highest BCUT2D eigenvalue weighted by Crippen LogP contribution is 2.29. The van der Waals surface area contributed by atoms with Gasteiger partial charge in [0.25, 0.3) is 0 Å². The molecule has 2 N–H and O–H groups in total. The lowest BCUT2D eigenvalue weighted by atomic mass is 10.1. The Balaban J connectivity index is 1.54. The summed E-state index contributed by atoms with van der Waals surface area (Å²) < 4.78 is 5.54. The Morgan fingerprint density at radius 2 is 2.12 bits per heavy atom. The summed E-state index contributed by atoms with van der Waals surface area (Å²) in [5.41, 5.74) is 3.37. The van der Waals surface area contributed by atoms with E-state index in [4.69, 9.17) is 4.52 Å². The van der Waals surface area contributed by atoms with Gasteiger partial charge in [0, 0.05) is 5.69 Å². The van der Waals surface area contributed by atoms with Crippen molar-refractivity contribution in [3.63, 3.8) is 0 Å². The van der Waals surface area contributed by atoms with Crippen LogP contribution >= 0.6 is 23.1 Å². The minimum absolute atomic E-state index is 0.0950. The smallest absolute Gasteiger partial charge is 0.328 e. The lowest BCUT2D eigenvalue weighted by Crippen LogP contribution is -2.14. The van der Waals surface area contributed by atoms with Gasteiger partial charge < -0.3 is 9.84 Å². The second kappa shape index (κ2) is 7.62. The van der Waals surface area contributed by atoms with Gasteiger partial charge in [-0.25, -0.2) is 0 Å². The minimum Gasteiger partial charge on any atom is -0.330 e. The number of amides is 1. The maximum absolute atomic E-state index is 11.9. The van der Waals surface area contributed by atoms with Crippen molar-refractivity contribution in [1.29, 1.82) is 0 Å². The third-order valence-corrected chi connectivity index (χ3v) is 5.33. The van der Waals surface area contributed by atoms with Crippen LogP contribution in [-0.2, 0) is 4.79 Å². The van der Waals surface area contributed by atoms with Crippen LogP contribution in [0.25, 0.3) is 0 Å². The molecule has 0 saturated carbocycles. The van der Waals surface area contributed by atoms with Crippen LogP contribution in [0.4, 0.5) is 16.8 Å². The lowest BCUT2D eigenvalue weighted by Gasteiger charge is -2.08. The molecule has 0 radical (unpaired) electrons. The molecule has 8 nitrogen and oxygen atoms in total. The molecule has 0 bridgehead atoms. The second-order valence-corrected chi connectivity index (χ2v) is 7.43. The van der Waals surface area contributed by atoms with Gasteiger partial charge in [0.15, 0.2) is 10.2 Å². The molecule has 3 aromatic rings. The summed E-state index contributed by atoms with van der Waals surface area (Å²) >= 11 is 2.69. The average molecular weight is 376 g/mol. The molecule has 0 aliphatic heterocycles. The van der Waals surface area contributed by atoms with Crippen molar-refractivity contribution in [2.24, 2.45) is 0 Å². The monoisotopic (exact) mass is 376 g/mol. The van der Waals surface area contributed by atoms with Gasteiger partial charge in [-0.1, -0.05) is 40.4 Å². The van der Waals surface area contributed by atoms with Gasteiger partial charge in [-0.2, -0.15) is 4.98 Å². The Labute approximate surface area is 152 Å². The molecule has 3 rings (SSSR count). The number of thioether (sulfide) groups is 1. The zero-order chi connectivity index (χ0) is 17.8. The number of carbonyl (C=O) groups excluding carboxylic acids is 1. The summed E-state index contributed by atoms with van der Waals surface area (Å²) in [5.74, 6) is 0.404. The largest absolute Gasteiger partial charge is 0.330 e. The highest BCUT2D eigenvalue weighted by molar-refractivity contribution is 8.01. The average Bonchev–Trinajstić information content (AvgIpc) is 3.19. The summed E-state index contributed by atoms with van der Waals surface area (Å²) in [6.07, 6.45) is 0. The number of aromatic nitrogens is 4. The zero-order valence-corrected chi connectivity index (χ0v) is 15.5. The van der Waals surface area contributed by atoms with Crippen molar-refractivity contribution < 1.29 is 9.32 Å². The molecule has 1 amide bonds. The third kappa shape index (κ3) is 4.54. The van der Waals surface area contributed by atoms with Crippen LogP contribution in [-0.4, -0.2) is 32.0 Å². The topological polar surface area (TPSA) is 106 Å². The fourth-order valence-electron chi connectivity index (χ4n) is 1.95. The first kappa shape index (κ1) is 17.4. The van der Waals surface area contributed by atoms with Crippen molar-refractivity contribution in [2.45, 2.75) is 25.1 Å². The quantitative estimate of drug-likeness (QED) is 0.631. The molecule has 0 aliphatic rings. The van der Waals surface area contributed by atoms with Crippen molar-refractivity contribution in [3.8, 4) is 0 Å². The predicted octanol–water partition coefficient (Wildman–Crippen LogP) is 3.32. The standard InChI is InChI=1S/C15H16N6O2S2/c1-8-5-4-6-11(9(8)2)17-14-19-20-15(25-14)24-7-12(22)18-13-16-10(3)21-23-13/h4-6H,7H2,1-3H3,(H,17,19)(H,16,18,21,22). The maximum atomic E-state index is 11.9. The van der Waals surface area contributed by atoms with Crippen molar-refractivity contribution >= 4 is 45.8 Å². The highest BCUT2D eigenvalue weighted by Gasteiger charge is 2.12. The van der Waals surface area contributed by atoms with Gasteiger partial charge >= 0.3 is 6.01 Å². The molecule has 0 aliphatic carbocycles. The second-order valence-electron chi connectivity index (χ2n) is 5.23. The van der Waals surface area contributed by atoms with Crippen LogP contribution < -0.4 is 10.6 Å². The zero-order valence-electron chi connectivity index (χ0n) is 13.9. The van der Waals surface area contributed by atoms with Crippen LogP contribution in [0.1, 0.15) is 17.0 Å². The van der Waals surface area contributed by atoms with Crippen LogP contribution in [0.5, 0.6) is 0 Å². The third-order valence-electron chi connectivity index (χ3n) is 3.35. The fourth-order valence-corrected chi connectivity index (χ4v) is 3.52. The van der Waals surface area contributed by atoms with E-state index >= 15 is 0 Å². The SMILES string of the molecule is Cc1noc(NC(=O)CSc2nnc(Nc3cccc(C)c3C)s2)n1. The predicted molar refractivity (Wildman–Crippen MR) is 97.5 cm³/mol. The molecule has 2 aromatic heterocycles. The minimum atomic E-state index is -0.243. The number of rotatable bonds is 6. The summed E-state index contributed by atoms with van der Waals surface area (Å²) in [7, 11) is 0. The van der Waals surface area contributed by atoms with E-state index in [9.17, 15) is 4.79 Å². The fraction of sp³-hybridized carbons (Fsp3) is 0.267. The number of hydrogen-bond acceptors (Lipinski definition) is 9. The molecule has 0 atom stereocenters. The molecule has 2 heterocycles. The first-order chi connectivity index (χ1) is 12.0. The molecule has 25 heavy (non-hydrogen) atoms. The van der Waals surface area contributed by atoms with E-state index in [0.29, 0.717) is 15.3 Å². The van der Waals surface area contributed by atoms with E-state index in [2.05, 4.69) is 50.9 Å². The van der Waals surface area contributed by atoms with Crippen LogP contribution in [0, 0.1) is 20.8 Å². The Bertz CT molecular complexity index is 892. The van der Waals surface area contributed by atoms with Gasteiger partial charge in [-0.3, -0.25) is 10.1 Å². The Morgan fingerprint density at radius 1 is 1.28 bits per heavy atom. The van der Waals surface area contributed by atoms with E-state index in [1.807, 2.05) is 12.1 Å². The van der Waals surface area contributed by atoms with Crippen LogP contribution in [0.2, 0.25) is 0 Å². The molecule has 1 aromatic carbocycles. The summed E-state index contributed by atoms with van der Waals surface area (Å²) in [6.45, 7) is 5.79. The normalized spacial score (nSPS) is 10.7. The molecule has 0 saturated heterocycles. The van der Waals surface area contributed by atoms with Gasteiger partial charge in [0.05, 0.1) is 5.75 Å². The number of benzene rings is 1. The summed E-state index contributed by atoms with van der Waals surface area (Å²) in [6, 6.07) is 6.14. The first-order valence-corrected chi connectivity index (χ1v) is 9.21. The van der Waals surface area contributed by atoms with Crippen molar-refractivity contribution in [1.82, 2.24) is 20.3 Å². The van der Waals surface area contributed by atoms with E-state index in [-0.39, 0.29) is 17.7 Å². The number of nitrogens with zero attached hydrogens (tertiary/aromatic N) is 4. The molecule has 0 unspecified atom stereocenters. The Morgan fingerprint density at radius 3 is 2.88 bits per heavy atom. The van der Waals surface area contributed by atoms with Gasteiger partial charge in [0.2, 0.25) is 11.0 Å². The summed E-state index contributed by atoms with van der Waals surface area (Å²) in [5, 5.41) is 18.3. The van der Waals surface area contributed by atoms with Gasteiger partial charge in [0.1, 0.15) is 0 Å². The van der Waals surface area contributed by atoms with Gasteiger partial charge in [-0.05, 0) is 38.0 Å². The van der Waals surface area contributed by atoms with E-state index < -0.39 is 0 Å². The van der Waals surface area contributed by atoms with Crippen molar-refractivity contribution in [2.75, 3.05) is 16.4 Å². The molecular weight excluding hydrogens is 360 g/mol. The number of anilines is 3. The Kier molecular flexibility index (Phi) is 5.29. The van der Waals surface area contributed by atoms with E-state index in [0.717, 1.165) is 5.69 Å². The van der Waals surface area contributed by atoms with Crippen molar-refractivity contribution in [3.05, 3.63) is 35.2 Å². The molecule has 0 spiro atoms. The molecule has 130 valence electrons. The highest BCUT2D eigenvalue weighted by atomic mass is 32.2. The number of hydrogen-bond donors (Lipinski definition) is 2. The van der Waals surface area contributed by atoms with E-state index in [1.165, 1.54) is 34.2 Å². The van der Waals surface area contributed by atoms with Gasteiger partial charge in [-0.15, -0.1) is 10.2 Å². The van der Waals surface area contributed by atoms with E-state index in [1.54, 1.807) is 6.92 Å².